The lowest BCUT2D eigenvalue weighted by atomic mass is 10.1. The molecule has 0 spiro atoms. The van der Waals surface area contributed by atoms with Crippen molar-refractivity contribution in [2.24, 2.45) is 4.99 Å². The summed E-state index contributed by atoms with van der Waals surface area (Å²) >= 11 is 0. The highest BCUT2D eigenvalue weighted by Crippen LogP contribution is 2.19. The molecule has 0 atom stereocenters. The summed E-state index contributed by atoms with van der Waals surface area (Å²) in [5.74, 6) is 0.413. The van der Waals surface area contributed by atoms with E-state index < -0.39 is 0 Å². The van der Waals surface area contributed by atoms with E-state index in [0.717, 1.165) is 12.7 Å². The maximum Gasteiger partial charge on any atom is 0.228 e. The summed E-state index contributed by atoms with van der Waals surface area (Å²) in [5.41, 5.74) is 8.58. The zero-order chi connectivity index (χ0) is 13.2. The van der Waals surface area contributed by atoms with Crippen molar-refractivity contribution in [3.63, 3.8) is 0 Å². The molecule has 19 heavy (non-hydrogen) atoms. The third kappa shape index (κ3) is 2.18. The Morgan fingerprint density at radius 2 is 2.21 bits per heavy atom. The number of benzene rings is 1. The molecule has 0 unspecified atom stereocenters. The topological polar surface area (TPSA) is 81.5 Å². The molecule has 1 aromatic heterocycles. The van der Waals surface area contributed by atoms with Crippen LogP contribution in [0.25, 0.3) is 17.5 Å². The number of aldehydes is 1. The van der Waals surface area contributed by atoms with Gasteiger partial charge in [0.15, 0.2) is 10.9 Å². The van der Waals surface area contributed by atoms with Gasteiger partial charge in [0.2, 0.25) is 5.89 Å². The van der Waals surface area contributed by atoms with Crippen LogP contribution in [0.15, 0.2) is 39.9 Å². The molecule has 2 N–H and O–H groups in total. The van der Waals surface area contributed by atoms with Gasteiger partial charge in [0.05, 0.1) is 0 Å². The van der Waals surface area contributed by atoms with E-state index >= 15 is 0 Å². The summed E-state index contributed by atoms with van der Waals surface area (Å²) in [6.07, 6.45) is 7.02. The molecule has 0 radical (unpaired) electrons. The van der Waals surface area contributed by atoms with E-state index in [1.807, 2.05) is 12.2 Å². The van der Waals surface area contributed by atoms with Crippen molar-refractivity contribution in [2.75, 3.05) is 5.73 Å². The number of nitrogens with zero attached hydrogens (tertiary/aromatic N) is 2. The number of carbonyl (C=O) groups is 1. The van der Waals surface area contributed by atoms with Crippen LogP contribution >= 0.6 is 0 Å². The fourth-order valence-electron chi connectivity index (χ4n) is 1.90. The van der Waals surface area contributed by atoms with E-state index in [2.05, 4.69) is 9.98 Å². The highest BCUT2D eigenvalue weighted by atomic mass is 16.3. The molecule has 2 aromatic rings. The molecule has 0 saturated heterocycles. The molecule has 3 rings (SSSR count). The standard InChI is InChI=1S/C14H11N3O2/c15-11-6-9(8-18)5-10(7-11)14-17-13-12(19-14)3-1-2-4-16-13/h2-8H,1,15H2. The van der Waals surface area contributed by atoms with E-state index in [9.17, 15) is 4.79 Å². The van der Waals surface area contributed by atoms with E-state index in [4.69, 9.17) is 10.2 Å². The van der Waals surface area contributed by atoms with E-state index in [0.29, 0.717) is 33.6 Å². The SMILES string of the molecule is Nc1cc(C=O)cc(-c2nc3c(o2)=CCC=CN=3)c1. The first kappa shape index (κ1) is 11.4. The van der Waals surface area contributed by atoms with Crippen LogP contribution in [0.2, 0.25) is 0 Å². The van der Waals surface area contributed by atoms with Crippen molar-refractivity contribution in [3.8, 4) is 11.5 Å². The molecule has 0 fully saturated rings. The van der Waals surface area contributed by atoms with Gasteiger partial charge in [-0.15, -0.1) is 0 Å². The summed E-state index contributed by atoms with van der Waals surface area (Å²) in [4.78, 5) is 19.3. The third-order valence-corrected chi connectivity index (χ3v) is 2.74. The Labute approximate surface area is 108 Å². The van der Waals surface area contributed by atoms with Crippen LogP contribution in [0.5, 0.6) is 0 Å². The second kappa shape index (κ2) is 4.53. The van der Waals surface area contributed by atoms with E-state index in [1.54, 1.807) is 24.4 Å². The Morgan fingerprint density at radius 3 is 3.05 bits per heavy atom. The second-order valence-electron chi connectivity index (χ2n) is 4.17. The number of nitrogens with two attached hydrogens (primary N) is 1. The third-order valence-electron chi connectivity index (χ3n) is 2.74. The summed E-state index contributed by atoms with van der Waals surface area (Å²) in [6, 6.07) is 5.00. The Morgan fingerprint density at radius 1 is 1.32 bits per heavy atom. The number of anilines is 1. The molecule has 94 valence electrons. The van der Waals surface area contributed by atoms with E-state index in [-0.39, 0.29) is 0 Å². The largest absolute Gasteiger partial charge is 0.435 e. The number of fused-ring (bicyclic) bond motifs is 1. The van der Waals surface area contributed by atoms with Gasteiger partial charge in [-0.2, -0.15) is 4.98 Å². The molecule has 0 saturated carbocycles. The van der Waals surface area contributed by atoms with Gasteiger partial charge in [0.1, 0.15) is 6.29 Å². The molecule has 0 amide bonds. The van der Waals surface area contributed by atoms with Crippen molar-refractivity contribution >= 4 is 18.0 Å². The van der Waals surface area contributed by atoms with Gasteiger partial charge in [0, 0.05) is 23.0 Å². The van der Waals surface area contributed by atoms with Crippen molar-refractivity contribution in [3.05, 3.63) is 46.9 Å². The fourth-order valence-corrected chi connectivity index (χ4v) is 1.90. The Kier molecular flexibility index (Phi) is 2.72. The van der Waals surface area contributed by atoms with Crippen LogP contribution in [-0.4, -0.2) is 11.3 Å². The number of aromatic nitrogens is 1. The number of oxazole rings is 1. The molecule has 5 heteroatoms. The van der Waals surface area contributed by atoms with Gasteiger partial charge in [-0.25, -0.2) is 4.99 Å². The minimum atomic E-state index is 0.413. The highest BCUT2D eigenvalue weighted by Gasteiger charge is 2.09. The number of hydrogen-bond donors (Lipinski definition) is 1. The van der Waals surface area contributed by atoms with Crippen molar-refractivity contribution in [1.29, 1.82) is 0 Å². The van der Waals surface area contributed by atoms with Crippen LogP contribution in [0.4, 0.5) is 5.69 Å². The zero-order valence-electron chi connectivity index (χ0n) is 10.0. The summed E-state index contributed by atoms with van der Waals surface area (Å²) in [5, 5.41) is 0. The van der Waals surface area contributed by atoms with Gasteiger partial charge < -0.3 is 10.2 Å². The van der Waals surface area contributed by atoms with Gasteiger partial charge in [-0.3, -0.25) is 4.79 Å². The molecule has 0 aliphatic carbocycles. The molecular weight excluding hydrogens is 242 g/mol. The van der Waals surface area contributed by atoms with Crippen molar-refractivity contribution < 1.29 is 9.21 Å². The Bertz CT molecular complexity index is 788. The molecule has 0 bridgehead atoms. The number of rotatable bonds is 2. The number of carbonyl (C=O) groups excluding carboxylic acids is 1. The Balaban J connectivity index is 2.18. The van der Waals surface area contributed by atoms with Gasteiger partial charge >= 0.3 is 0 Å². The first-order valence-corrected chi connectivity index (χ1v) is 5.82. The predicted octanol–water partition coefficient (Wildman–Crippen LogP) is 1.05. The monoisotopic (exact) mass is 253 g/mol. The molecular formula is C14H11N3O2. The lowest BCUT2D eigenvalue weighted by molar-refractivity contribution is 0.112. The van der Waals surface area contributed by atoms with Crippen LogP contribution in [-0.2, 0) is 0 Å². The average Bonchev–Trinajstić information content (AvgIpc) is 2.69. The van der Waals surface area contributed by atoms with Crippen LogP contribution < -0.4 is 16.6 Å². The molecule has 1 aromatic carbocycles. The number of hydrogen-bond acceptors (Lipinski definition) is 5. The fraction of sp³-hybridized carbons (Fsp3) is 0.0714. The quantitative estimate of drug-likeness (QED) is 0.640. The molecule has 1 aliphatic heterocycles. The number of allylic oxidation sites excluding steroid dienone is 1. The van der Waals surface area contributed by atoms with Gasteiger partial charge in [-0.1, -0.05) is 6.08 Å². The minimum Gasteiger partial charge on any atom is -0.435 e. The van der Waals surface area contributed by atoms with Crippen molar-refractivity contribution in [1.82, 2.24) is 4.98 Å². The molecule has 5 nitrogen and oxygen atoms in total. The van der Waals surface area contributed by atoms with Gasteiger partial charge in [-0.05, 0) is 30.7 Å². The first-order valence-electron chi connectivity index (χ1n) is 5.82. The summed E-state index contributed by atoms with van der Waals surface area (Å²) < 4.78 is 5.65. The summed E-state index contributed by atoms with van der Waals surface area (Å²) in [7, 11) is 0. The van der Waals surface area contributed by atoms with Crippen LogP contribution in [0, 0.1) is 0 Å². The van der Waals surface area contributed by atoms with Crippen LogP contribution in [0.3, 0.4) is 0 Å². The number of nitrogen functional groups attached to an aromatic ring is 1. The predicted molar refractivity (Wildman–Crippen MR) is 70.7 cm³/mol. The average molecular weight is 253 g/mol. The Hall–Kier alpha value is -2.69. The van der Waals surface area contributed by atoms with Crippen molar-refractivity contribution in [2.45, 2.75) is 6.42 Å². The van der Waals surface area contributed by atoms with E-state index in [1.165, 1.54) is 0 Å². The second-order valence-corrected chi connectivity index (χ2v) is 4.17. The molecule has 2 heterocycles. The lowest BCUT2D eigenvalue weighted by Crippen LogP contribution is -2.21. The normalized spacial score (nSPS) is 13.1. The first-order chi connectivity index (χ1) is 9.26. The maximum atomic E-state index is 10.8. The van der Waals surface area contributed by atoms with Gasteiger partial charge in [0.25, 0.3) is 0 Å². The zero-order valence-corrected chi connectivity index (χ0v) is 10.0. The maximum absolute atomic E-state index is 10.8. The highest BCUT2D eigenvalue weighted by molar-refractivity contribution is 5.80. The smallest absolute Gasteiger partial charge is 0.228 e. The summed E-state index contributed by atoms with van der Waals surface area (Å²) in [6.45, 7) is 0. The van der Waals surface area contributed by atoms with Crippen LogP contribution in [0.1, 0.15) is 16.8 Å². The molecule has 1 aliphatic rings. The minimum absolute atomic E-state index is 0.413. The lowest BCUT2D eigenvalue weighted by Gasteiger charge is -1.99.